The van der Waals surface area contributed by atoms with Crippen molar-refractivity contribution in [2.45, 2.75) is 12.3 Å². The van der Waals surface area contributed by atoms with Gasteiger partial charge in [-0.15, -0.1) is 11.3 Å². The van der Waals surface area contributed by atoms with Crippen LogP contribution in [0.2, 0.25) is 0 Å². The Hall–Kier alpha value is -2.13. The van der Waals surface area contributed by atoms with Crippen LogP contribution in [-0.4, -0.2) is 24.6 Å². The highest BCUT2D eigenvalue weighted by molar-refractivity contribution is 7.10. The van der Waals surface area contributed by atoms with Crippen molar-refractivity contribution in [1.29, 1.82) is 0 Å². The third kappa shape index (κ3) is 3.36. The van der Waals surface area contributed by atoms with Crippen LogP contribution in [0.4, 0.5) is 24.5 Å². The van der Waals surface area contributed by atoms with Gasteiger partial charge >= 0.3 is 6.18 Å². The minimum Gasteiger partial charge on any atom is -0.369 e. The maximum absolute atomic E-state index is 13.1. The molecule has 0 bridgehead atoms. The zero-order valence-corrected chi connectivity index (χ0v) is 13.1. The molecule has 0 saturated carbocycles. The SMILES string of the molecule is O=[N+]([O-])c1ccc(N2CCOC(c3cccs3)C2)cc1C(F)(F)F. The van der Waals surface area contributed by atoms with Crippen molar-refractivity contribution in [3.63, 3.8) is 0 Å². The van der Waals surface area contributed by atoms with Gasteiger partial charge in [-0.3, -0.25) is 10.1 Å². The van der Waals surface area contributed by atoms with E-state index in [0.717, 1.165) is 17.0 Å². The van der Waals surface area contributed by atoms with E-state index in [-0.39, 0.29) is 6.10 Å². The molecule has 3 rings (SSSR count). The van der Waals surface area contributed by atoms with Crippen molar-refractivity contribution >= 4 is 22.7 Å². The van der Waals surface area contributed by atoms with Gasteiger partial charge in [0, 0.05) is 29.7 Å². The minimum absolute atomic E-state index is 0.219. The average molecular weight is 358 g/mol. The summed E-state index contributed by atoms with van der Waals surface area (Å²) in [6, 6.07) is 6.90. The largest absolute Gasteiger partial charge is 0.423 e. The fraction of sp³-hybridized carbons (Fsp3) is 0.333. The summed E-state index contributed by atoms with van der Waals surface area (Å²) in [7, 11) is 0. The molecule has 1 fully saturated rings. The Balaban J connectivity index is 1.90. The molecule has 2 aromatic rings. The smallest absolute Gasteiger partial charge is 0.369 e. The maximum Gasteiger partial charge on any atom is 0.423 e. The second-order valence-corrected chi connectivity index (χ2v) is 6.26. The summed E-state index contributed by atoms with van der Waals surface area (Å²) in [6.45, 7) is 1.20. The molecular formula is C15H13F3N2O3S. The molecule has 0 amide bonds. The topological polar surface area (TPSA) is 55.6 Å². The zero-order chi connectivity index (χ0) is 17.3. The lowest BCUT2D eigenvalue weighted by molar-refractivity contribution is -0.388. The highest BCUT2D eigenvalue weighted by Crippen LogP contribution is 2.39. The number of benzene rings is 1. The first-order chi connectivity index (χ1) is 11.4. The number of ether oxygens (including phenoxy) is 1. The lowest BCUT2D eigenvalue weighted by Crippen LogP contribution is -2.38. The number of halogens is 3. The van der Waals surface area contributed by atoms with E-state index in [4.69, 9.17) is 4.74 Å². The first-order valence-electron chi connectivity index (χ1n) is 7.12. The number of nitro groups is 1. The number of hydrogen-bond acceptors (Lipinski definition) is 5. The number of nitro benzene ring substituents is 1. The molecule has 1 unspecified atom stereocenters. The number of thiophene rings is 1. The second-order valence-electron chi connectivity index (χ2n) is 5.28. The molecule has 1 saturated heterocycles. The highest BCUT2D eigenvalue weighted by Gasteiger charge is 2.39. The number of rotatable bonds is 3. The first kappa shape index (κ1) is 16.7. The zero-order valence-electron chi connectivity index (χ0n) is 12.3. The fourth-order valence-electron chi connectivity index (χ4n) is 2.64. The van der Waals surface area contributed by atoms with E-state index in [0.29, 0.717) is 25.4 Å². The van der Waals surface area contributed by atoms with Gasteiger partial charge in [0.2, 0.25) is 0 Å². The van der Waals surface area contributed by atoms with Crippen LogP contribution < -0.4 is 4.90 Å². The van der Waals surface area contributed by atoms with Gasteiger partial charge in [0.1, 0.15) is 11.7 Å². The molecule has 1 aromatic carbocycles. The molecule has 0 spiro atoms. The van der Waals surface area contributed by atoms with Crippen molar-refractivity contribution < 1.29 is 22.8 Å². The second kappa shape index (κ2) is 6.40. The summed E-state index contributed by atoms with van der Waals surface area (Å²) in [5, 5.41) is 12.7. The van der Waals surface area contributed by atoms with Crippen molar-refractivity contribution in [2.24, 2.45) is 0 Å². The molecule has 9 heteroatoms. The van der Waals surface area contributed by atoms with E-state index >= 15 is 0 Å². The number of anilines is 1. The highest BCUT2D eigenvalue weighted by atomic mass is 32.1. The molecule has 128 valence electrons. The van der Waals surface area contributed by atoms with Crippen LogP contribution in [0.25, 0.3) is 0 Å². The molecule has 1 aromatic heterocycles. The number of nitrogens with zero attached hydrogens (tertiary/aromatic N) is 2. The van der Waals surface area contributed by atoms with Gasteiger partial charge < -0.3 is 9.64 Å². The molecule has 0 aliphatic carbocycles. The van der Waals surface area contributed by atoms with Gasteiger partial charge in [0.25, 0.3) is 5.69 Å². The standard InChI is InChI=1S/C15H13F3N2O3S/c16-15(17,18)11-8-10(3-4-12(11)20(21)22)19-5-6-23-13(9-19)14-2-1-7-24-14/h1-4,7-8,13H,5-6,9H2. The Morgan fingerprint density at radius 1 is 1.33 bits per heavy atom. The van der Waals surface area contributed by atoms with Gasteiger partial charge in [-0.25, -0.2) is 0 Å². The Morgan fingerprint density at radius 3 is 2.75 bits per heavy atom. The van der Waals surface area contributed by atoms with Crippen molar-refractivity contribution in [2.75, 3.05) is 24.6 Å². The van der Waals surface area contributed by atoms with Crippen LogP contribution in [0, 0.1) is 10.1 Å². The molecule has 5 nitrogen and oxygen atoms in total. The van der Waals surface area contributed by atoms with E-state index in [1.165, 1.54) is 17.4 Å². The van der Waals surface area contributed by atoms with Crippen LogP contribution in [-0.2, 0) is 10.9 Å². The number of alkyl halides is 3. The van der Waals surface area contributed by atoms with Crippen LogP contribution in [0.1, 0.15) is 16.5 Å². The molecule has 1 atom stereocenters. The average Bonchev–Trinajstić information content (AvgIpc) is 3.08. The van der Waals surface area contributed by atoms with Crippen LogP contribution in [0.5, 0.6) is 0 Å². The van der Waals surface area contributed by atoms with E-state index in [2.05, 4.69) is 0 Å². The molecule has 0 radical (unpaired) electrons. The third-order valence-electron chi connectivity index (χ3n) is 3.77. The Labute approximate surface area is 139 Å². The minimum atomic E-state index is -4.78. The summed E-state index contributed by atoms with van der Waals surface area (Å²) < 4.78 is 45.0. The summed E-state index contributed by atoms with van der Waals surface area (Å²) >= 11 is 1.52. The lowest BCUT2D eigenvalue weighted by Gasteiger charge is -2.34. The molecule has 1 aliphatic rings. The molecule has 1 aliphatic heterocycles. The first-order valence-corrected chi connectivity index (χ1v) is 8.00. The van der Waals surface area contributed by atoms with E-state index in [9.17, 15) is 23.3 Å². The molecule has 2 heterocycles. The van der Waals surface area contributed by atoms with Crippen LogP contribution in [0.15, 0.2) is 35.7 Å². The van der Waals surface area contributed by atoms with Crippen LogP contribution in [0.3, 0.4) is 0 Å². The van der Waals surface area contributed by atoms with E-state index in [1.54, 1.807) is 4.90 Å². The van der Waals surface area contributed by atoms with E-state index < -0.39 is 22.4 Å². The number of morpholine rings is 1. The fourth-order valence-corrected chi connectivity index (χ4v) is 3.40. The van der Waals surface area contributed by atoms with Gasteiger partial charge in [-0.05, 0) is 23.6 Å². The van der Waals surface area contributed by atoms with Gasteiger partial charge in [-0.1, -0.05) is 6.07 Å². The van der Waals surface area contributed by atoms with Gasteiger partial charge in [-0.2, -0.15) is 13.2 Å². The van der Waals surface area contributed by atoms with Gasteiger partial charge in [0.05, 0.1) is 11.5 Å². The number of hydrogen-bond donors (Lipinski definition) is 0. The van der Waals surface area contributed by atoms with E-state index in [1.807, 2.05) is 17.5 Å². The molecule has 24 heavy (non-hydrogen) atoms. The summed E-state index contributed by atoms with van der Waals surface area (Å²) in [5.41, 5.74) is -1.86. The summed E-state index contributed by atoms with van der Waals surface area (Å²) in [4.78, 5) is 12.6. The van der Waals surface area contributed by atoms with Crippen molar-refractivity contribution in [1.82, 2.24) is 0 Å². The predicted molar refractivity (Wildman–Crippen MR) is 83.3 cm³/mol. The van der Waals surface area contributed by atoms with Crippen LogP contribution >= 0.6 is 11.3 Å². The van der Waals surface area contributed by atoms with Crippen molar-refractivity contribution in [3.05, 3.63) is 56.3 Å². The summed E-state index contributed by atoms with van der Waals surface area (Å²) in [5.74, 6) is 0. The summed E-state index contributed by atoms with van der Waals surface area (Å²) in [6.07, 6.45) is -5.00. The Morgan fingerprint density at radius 2 is 2.12 bits per heavy atom. The normalized spacial score (nSPS) is 18.6. The van der Waals surface area contributed by atoms with Crippen molar-refractivity contribution in [3.8, 4) is 0 Å². The monoisotopic (exact) mass is 358 g/mol. The predicted octanol–water partition coefficient (Wildman–Crippen LogP) is 4.25. The molecular weight excluding hydrogens is 345 g/mol. The maximum atomic E-state index is 13.1. The molecule has 0 N–H and O–H groups in total. The Kier molecular flexibility index (Phi) is 4.46. The Bertz CT molecular complexity index is 734. The third-order valence-corrected chi connectivity index (χ3v) is 4.74. The quantitative estimate of drug-likeness (QED) is 0.608. The van der Waals surface area contributed by atoms with Gasteiger partial charge in [0.15, 0.2) is 0 Å². The lowest BCUT2D eigenvalue weighted by atomic mass is 10.1.